The molecule has 0 aliphatic rings. The van der Waals surface area contributed by atoms with Gasteiger partial charge in [-0.25, -0.2) is 4.39 Å². The van der Waals surface area contributed by atoms with Crippen molar-refractivity contribution in [3.63, 3.8) is 0 Å². The van der Waals surface area contributed by atoms with Gasteiger partial charge in [0.05, 0.1) is 11.2 Å². The average Bonchev–Trinajstić information content (AvgIpc) is 2.93. The molecule has 4 aromatic rings. The lowest BCUT2D eigenvalue weighted by Gasteiger charge is -2.10. The summed E-state index contributed by atoms with van der Waals surface area (Å²) in [5.74, 6) is -0.208. The van der Waals surface area contributed by atoms with Crippen molar-refractivity contribution in [1.29, 1.82) is 0 Å². The van der Waals surface area contributed by atoms with E-state index in [-0.39, 0.29) is 5.82 Å². The Morgan fingerprint density at radius 3 is 2.56 bits per heavy atom. The van der Waals surface area contributed by atoms with Crippen LogP contribution in [0.2, 0.25) is 0 Å². The van der Waals surface area contributed by atoms with Gasteiger partial charge in [-0.05, 0) is 54.8 Å². The SMILES string of the molecule is Cc1c(C)n(Cc2cccc(F)c2)c2c(/C=C/c3ccccc3)nccc12. The van der Waals surface area contributed by atoms with E-state index < -0.39 is 0 Å². The van der Waals surface area contributed by atoms with Gasteiger partial charge in [-0.1, -0.05) is 48.5 Å². The monoisotopic (exact) mass is 356 g/mol. The second kappa shape index (κ2) is 7.20. The zero-order valence-corrected chi connectivity index (χ0v) is 15.5. The summed E-state index contributed by atoms with van der Waals surface area (Å²) in [6.07, 6.45) is 5.98. The highest BCUT2D eigenvalue weighted by atomic mass is 19.1. The number of aromatic nitrogens is 2. The molecule has 3 heteroatoms. The molecular weight excluding hydrogens is 335 g/mol. The van der Waals surface area contributed by atoms with Gasteiger partial charge in [0.15, 0.2) is 0 Å². The fourth-order valence-corrected chi connectivity index (χ4v) is 3.50. The standard InChI is InChI=1S/C24H21FN2/c1-17-18(2)27(16-20-9-6-10-21(25)15-20)24-22(17)13-14-26-23(24)12-11-19-7-4-3-5-8-19/h3-15H,16H2,1-2H3/b12-11+. The van der Waals surface area contributed by atoms with E-state index in [9.17, 15) is 4.39 Å². The van der Waals surface area contributed by atoms with Crippen LogP contribution in [0.15, 0.2) is 66.9 Å². The second-order valence-electron chi connectivity index (χ2n) is 6.76. The van der Waals surface area contributed by atoms with Gasteiger partial charge in [-0.2, -0.15) is 0 Å². The summed E-state index contributed by atoms with van der Waals surface area (Å²) < 4.78 is 15.9. The van der Waals surface area contributed by atoms with Crippen LogP contribution < -0.4 is 0 Å². The Morgan fingerprint density at radius 2 is 1.78 bits per heavy atom. The molecule has 2 nitrogen and oxygen atoms in total. The third kappa shape index (κ3) is 3.41. The molecule has 4 rings (SSSR count). The Kier molecular flexibility index (Phi) is 4.59. The number of aryl methyl sites for hydroxylation is 1. The maximum Gasteiger partial charge on any atom is 0.123 e. The molecule has 0 saturated heterocycles. The first-order chi connectivity index (χ1) is 13.1. The molecule has 0 aliphatic heterocycles. The molecule has 0 radical (unpaired) electrons. The van der Waals surface area contributed by atoms with Crippen molar-refractivity contribution in [1.82, 2.24) is 9.55 Å². The number of pyridine rings is 1. The van der Waals surface area contributed by atoms with Gasteiger partial charge in [0, 0.05) is 23.8 Å². The molecule has 0 atom stereocenters. The van der Waals surface area contributed by atoms with Crippen molar-refractivity contribution in [3.05, 3.63) is 101 Å². The largest absolute Gasteiger partial charge is 0.338 e. The molecule has 2 aromatic carbocycles. The highest BCUT2D eigenvalue weighted by molar-refractivity contribution is 5.92. The number of benzene rings is 2. The first kappa shape index (κ1) is 17.2. The lowest BCUT2D eigenvalue weighted by molar-refractivity contribution is 0.623. The van der Waals surface area contributed by atoms with E-state index >= 15 is 0 Å². The predicted octanol–water partition coefficient (Wildman–Crippen LogP) is 6.01. The first-order valence-corrected chi connectivity index (χ1v) is 9.05. The Bertz CT molecular complexity index is 1120. The van der Waals surface area contributed by atoms with Gasteiger partial charge in [0.1, 0.15) is 5.82 Å². The van der Waals surface area contributed by atoms with Gasteiger partial charge in [0.2, 0.25) is 0 Å². The molecule has 0 unspecified atom stereocenters. The molecule has 0 N–H and O–H groups in total. The molecule has 0 spiro atoms. The molecule has 0 amide bonds. The summed E-state index contributed by atoms with van der Waals surface area (Å²) in [5, 5.41) is 1.19. The maximum atomic E-state index is 13.6. The van der Waals surface area contributed by atoms with E-state index in [1.54, 1.807) is 12.1 Å². The number of nitrogens with zero attached hydrogens (tertiary/aromatic N) is 2. The van der Waals surface area contributed by atoms with E-state index in [4.69, 9.17) is 0 Å². The summed E-state index contributed by atoms with van der Waals surface area (Å²) >= 11 is 0. The van der Waals surface area contributed by atoms with Gasteiger partial charge >= 0.3 is 0 Å². The van der Waals surface area contributed by atoms with E-state index in [0.29, 0.717) is 6.54 Å². The number of fused-ring (bicyclic) bond motifs is 1. The molecule has 27 heavy (non-hydrogen) atoms. The zero-order valence-electron chi connectivity index (χ0n) is 15.5. The van der Waals surface area contributed by atoms with Crippen LogP contribution in [0.4, 0.5) is 4.39 Å². The Labute approximate surface area is 158 Å². The third-order valence-corrected chi connectivity index (χ3v) is 5.04. The van der Waals surface area contributed by atoms with Crippen LogP contribution in [0, 0.1) is 19.7 Å². The van der Waals surface area contributed by atoms with Crippen molar-refractivity contribution >= 4 is 23.1 Å². The number of hydrogen-bond donors (Lipinski definition) is 0. The van der Waals surface area contributed by atoms with E-state index in [2.05, 4.69) is 53.7 Å². The number of hydrogen-bond acceptors (Lipinski definition) is 1. The van der Waals surface area contributed by atoms with Crippen LogP contribution in [0.3, 0.4) is 0 Å². The minimum absolute atomic E-state index is 0.208. The van der Waals surface area contributed by atoms with Gasteiger partial charge in [-0.3, -0.25) is 4.98 Å². The lowest BCUT2D eigenvalue weighted by atomic mass is 10.1. The zero-order chi connectivity index (χ0) is 18.8. The fraction of sp³-hybridized carbons (Fsp3) is 0.125. The third-order valence-electron chi connectivity index (χ3n) is 5.04. The normalized spacial score (nSPS) is 11.5. The Morgan fingerprint density at radius 1 is 0.963 bits per heavy atom. The topological polar surface area (TPSA) is 17.8 Å². The summed E-state index contributed by atoms with van der Waals surface area (Å²) in [5.41, 5.74) is 6.49. The van der Waals surface area contributed by atoms with E-state index in [0.717, 1.165) is 22.3 Å². The molecule has 0 bridgehead atoms. The van der Waals surface area contributed by atoms with Gasteiger partial charge < -0.3 is 4.57 Å². The summed E-state index contributed by atoms with van der Waals surface area (Å²) in [6.45, 7) is 4.86. The molecular formula is C24H21FN2. The van der Waals surface area contributed by atoms with Gasteiger partial charge in [-0.15, -0.1) is 0 Å². The van der Waals surface area contributed by atoms with Crippen LogP contribution in [-0.2, 0) is 6.54 Å². The second-order valence-corrected chi connectivity index (χ2v) is 6.76. The Balaban J connectivity index is 1.83. The summed E-state index contributed by atoms with van der Waals surface area (Å²) in [6, 6.07) is 19.0. The van der Waals surface area contributed by atoms with Crippen molar-refractivity contribution in [2.75, 3.05) is 0 Å². The smallest absolute Gasteiger partial charge is 0.123 e. The van der Waals surface area contributed by atoms with Crippen LogP contribution in [0.1, 0.15) is 28.1 Å². The quantitative estimate of drug-likeness (QED) is 0.438. The van der Waals surface area contributed by atoms with Crippen molar-refractivity contribution in [2.24, 2.45) is 0 Å². The highest BCUT2D eigenvalue weighted by Crippen LogP contribution is 2.29. The van der Waals surface area contributed by atoms with Crippen molar-refractivity contribution in [2.45, 2.75) is 20.4 Å². The first-order valence-electron chi connectivity index (χ1n) is 9.05. The summed E-state index contributed by atoms with van der Waals surface area (Å²) in [4.78, 5) is 4.61. The lowest BCUT2D eigenvalue weighted by Crippen LogP contribution is -2.03. The minimum Gasteiger partial charge on any atom is -0.338 e. The molecule has 0 aliphatic carbocycles. The van der Waals surface area contributed by atoms with Crippen LogP contribution in [0.5, 0.6) is 0 Å². The van der Waals surface area contributed by atoms with Gasteiger partial charge in [0.25, 0.3) is 0 Å². The number of halogens is 1. The molecule has 0 fully saturated rings. The van der Waals surface area contributed by atoms with Crippen molar-refractivity contribution < 1.29 is 4.39 Å². The van der Waals surface area contributed by atoms with E-state index in [1.165, 1.54) is 22.7 Å². The Hall–Kier alpha value is -3.20. The minimum atomic E-state index is -0.208. The molecule has 134 valence electrons. The van der Waals surface area contributed by atoms with Crippen molar-refractivity contribution in [3.8, 4) is 0 Å². The van der Waals surface area contributed by atoms with Crippen LogP contribution >= 0.6 is 0 Å². The van der Waals surface area contributed by atoms with Crippen LogP contribution in [0.25, 0.3) is 23.1 Å². The molecule has 0 saturated carbocycles. The fourth-order valence-electron chi connectivity index (χ4n) is 3.50. The highest BCUT2D eigenvalue weighted by Gasteiger charge is 2.14. The molecule has 2 heterocycles. The van der Waals surface area contributed by atoms with Crippen LogP contribution in [-0.4, -0.2) is 9.55 Å². The summed E-state index contributed by atoms with van der Waals surface area (Å²) in [7, 11) is 0. The number of rotatable bonds is 4. The van der Waals surface area contributed by atoms with E-state index in [1.807, 2.05) is 30.5 Å². The maximum absolute atomic E-state index is 13.6. The average molecular weight is 356 g/mol. The predicted molar refractivity (Wildman–Crippen MR) is 110 cm³/mol. The molecule has 2 aromatic heterocycles.